The van der Waals surface area contributed by atoms with Gasteiger partial charge in [0.2, 0.25) is 0 Å². The molecule has 1 amide bonds. The first-order valence-electron chi connectivity index (χ1n) is 9.11. The number of amides is 1. The predicted molar refractivity (Wildman–Crippen MR) is 101 cm³/mol. The summed E-state index contributed by atoms with van der Waals surface area (Å²) in [5, 5.41) is 0. The van der Waals surface area contributed by atoms with Crippen molar-refractivity contribution in [1.82, 2.24) is 24.8 Å². The highest BCUT2D eigenvalue weighted by Crippen LogP contribution is 2.19. The van der Waals surface area contributed by atoms with Gasteiger partial charge in [0.25, 0.3) is 11.5 Å². The number of carbonyl (C=O) groups excluding carboxylic acids is 1. The van der Waals surface area contributed by atoms with Crippen LogP contribution in [0.5, 0.6) is 5.75 Å². The van der Waals surface area contributed by atoms with E-state index >= 15 is 0 Å². The van der Waals surface area contributed by atoms with E-state index in [9.17, 15) is 14.0 Å². The standard InChI is InChI=1S/C20H18FN5O3/c1-12(29-14-4-2-13(21)3-5-14)20(28)26-9-6-16-15(11-26)19(27)25-18(24-16)17-10-22-7-8-23-17/h2-5,7-8,10,12H,6,9,11H2,1H3,(H,24,25,27). The number of H-pyrrole nitrogens is 1. The molecule has 1 unspecified atom stereocenters. The lowest BCUT2D eigenvalue weighted by atomic mass is 10.1. The van der Waals surface area contributed by atoms with Gasteiger partial charge >= 0.3 is 0 Å². The quantitative estimate of drug-likeness (QED) is 0.722. The number of ether oxygens (including phenoxy) is 1. The van der Waals surface area contributed by atoms with E-state index in [0.717, 1.165) is 0 Å². The molecule has 3 heterocycles. The topological polar surface area (TPSA) is 101 Å². The second-order valence-corrected chi connectivity index (χ2v) is 6.65. The molecule has 0 fully saturated rings. The molecule has 0 saturated carbocycles. The molecule has 0 aliphatic carbocycles. The highest BCUT2D eigenvalue weighted by molar-refractivity contribution is 5.81. The van der Waals surface area contributed by atoms with Crippen LogP contribution in [0.15, 0.2) is 47.7 Å². The second-order valence-electron chi connectivity index (χ2n) is 6.65. The summed E-state index contributed by atoms with van der Waals surface area (Å²) in [4.78, 5) is 42.2. The van der Waals surface area contributed by atoms with E-state index in [1.807, 2.05) is 0 Å². The average Bonchev–Trinajstić information content (AvgIpc) is 2.75. The van der Waals surface area contributed by atoms with Gasteiger partial charge in [0, 0.05) is 25.4 Å². The highest BCUT2D eigenvalue weighted by atomic mass is 19.1. The third-order valence-corrected chi connectivity index (χ3v) is 4.66. The van der Waals surface area contributed by atoms with Crippen molar-refractivity contribution in [3.8, 4) is 17.3 Å². The molecule has 1 atom stereocenters. The number of hydrogen-bond donors (Lipinski definition) is 1. The molecule has 0 bridgehead atoms. The summed E-state index contributed by atoms with van der Waals surface area (Å²) in [7, 11) is 0. The SMILES string of the molecule is CC(Oc1ccc(F)cc1)C(=O)N1CCc2nc(-c3cnccn3)[nH]c(=O)c2C1. The zero-order valence-electron chi connectivity index (χ0n) is 15.6. The Kier molecular flexibility index (Phi) is 5.03. The summed E-state index contributed by atoms with van der Waals surface area (Å²) in [6, 6.07) is 5.47. The van der Waals surface area contributed by atoms with Gasteiger partial charge in [0.15, 0.2) is 11.9 Å². The Hall–Kier alpha value is -3.62. The predicted octanol–water partition coefficient (Wildman–Crippen LogP) is 1.72. The average molecular weight is 395 g/mol. The number of rotatable bonds is 4. The van der Waals surface area contributed by atoms with Gasteiger partial charge < -0.3 is 14.6 Å². The van der Waals surface area contributed by atoms with E-state index in [1.165, 1.54) is 36.7 Å². The van der Waals surface area contributed by atoms with Crippen molar-refractivity contribution < 1.29 is 13.9 Å². The van der Waals surface area contributed by atoms with E-state index in [-0.39, 0.29) is 23.8 Å². The molecule has 1 aliphatic heterocycles. The molecule has 29 heavy (non-hydrogen) atoms. The van der Waals surface area contributed by atoms with Gasteiger partial charge in [0.05, 0.1) is 24.0 Å². The molecular weight excluding hydrogens is 377 g/mol. The van der Waals surface area contributed by atoms with E-state index in [0.29, 0.717) is 41.5 Å². The summed E-state index contributed by atoms with van der Waals surface area (Å²) in [5.74, 6) is 0.126. The molecule has 3 aromatic rings. The molecule has 2 aromatic heterocycles. The minimum Gasteiger partial charge on any atom is -0.481 e. The third-order valence-electron chi connectivity index (χ3n) is 4.66. The van der Waals surface area contributed by atoms with Crippen molar-refractivity contribution in [1.29, 1.82) is 0 Å². The Morgan fingerprint density at radius 1 is 1.28 bits per heavy atom. The van der Waals surface area contributed by atoms with Gasteiger partial charge in [-0.15, -0.1) is 0 Å². The van der Waals surface area contributed by atoms with Crippen LogP contribution in [0, 0.1) is 5.82 Å². The number of nitrogens with zero attached hydrogens (tertiary/aromatic N) is 4. The lowest BCUT2D eigenvalue weighted by Crippen LogP contribution is -2.45. The van der Waals surface area contributed by atoms with Crippen molar-refractivity contribution in [2.75, 3.05) is 6.54 Å². The molecule has 0 spiro atoms. The molecule has 4 rings (SSSR count). The first-order valence-corrected chi connectivity index (χ1v) is 9.11. The van der Waals surface area contributed by atoms with Crippen molar-refractivity contribution in [2.45, 2.75) is 26.0 Å². The van der Waals surface area contributed by atoms with Gasteiger partial charge in [0.1, 0.15) is 17.3 Å². The Labute approximate surface area is 165 Å². The van der Waals surface area contributed by atoms with Crippen molar-refractivity contribution in [3.05, 3.63) is 70.3 Å². The monoisotopic (exact) mass is 395 g/mol. The summed E-state index contributed by atoms with van der Waals surface area (Å²) in [5.41, 5.74) is 1.27. The molecule has 0 radical (unpaired) electrons. The fourth-order valence-corrected chi connectivity index (χ4v) is 3.18. The number of hydrogen-bond acceptors (Lipinski definition) is 6. The maximum Gasteiger partial charge on any atom is 0.263 e. The van der Waals surface area contributed by atoms with Crippen LogP contribution in [0.2, 0.25) is 0 Å². The number of fused-ring (bicyclic) bond motifs is 1. The number of halogens is 1. The van der Waals surface area contributed by atoms with E-state index in [1.54, 1.807) is 18.0 Å². The Morgan fingerprint density at radius 3 is 2.79 bits per heavy atom. The zero-order valence-corrected chi connectivity index (χ0v) is 15.6. The van der Waals surface area contributed by atoms with Crippen LogP contribution in [0.3, 0.4) is 0 Å². The molecule has 148 valence electrons. The highest BCUT2D eigenvalue weighted by Gasteiger charge is 2.28. The molecule has 1 aliphatic rings. The largest absolute Gasteiger partial charge is 0.481 e. The van der Waals surface area contributed by atoms with Gasteiger partial charge in [-0.2, -0.15) is 0 Å². The fraction of sp³-hybridized carbons (Fsp3) is 0.250. The maximum atomic E-state index is 13.0. The second kappa shape index (κ2) is 7.78. The van der Waals surface area contributed by atoms with E-state index < -0.39 is 6.10 Å². The van der Waals surface area contributed by atoms with Crippen LogP contribution >= 0.6 is 0 Å². The molecule has 9 heteroatoms. The summed E-state index contributed by atoms with van der Waals surface area (Å²) >= 11 is 0. The van der Waals surface area contributed by atoms with Gasteiger partial charge in [-0.3, -0.25) is 14.6 Å². The number of benzene rings is 1. The number of aromatic amines is 1. The third kappa shape index (κ3) is 3.98. The fourth-order valence-electron chi connectivity index (χ4n) is 3.18. The zero-order chi connectivity index (χ0) is 20.4. The smallest absolute Gasteiger partial charge is 0.263 e. The minimum absolute atomic E-state index is 0.147. The van der Waals surface area contributed by atoms with Crippen molar-refractivity contribution >= 4 is 5.91 Å². The van der Waals surface area contributed by atoms with Crippen LogP contribution in [0.1, 0.15) is 18.2 Å². The van der Waals surface area contributed by atoms with Gasteiger partial charge in [-0.05, 0) is 31.2 Å². The molecule has 8 nitrogen and oxygen atoms in total. The molecule has 0 saturated heterocycles. The van der Waals surface area contributed by atoms with Crippen LogP contribution in [0.4, 0.5) is 4.39 Å². The number of aromatic nitrogens is 4. The summed E-state index contributed by atoms with van der Waals surface area (Å²) in [6.45, 7) is 2.19. The maximum absolute atomic E-state index is 13.0. The molecular formula is C20H18FN5O3. The van der Waals surface area contributed by atoms with Crippen LogP contribution in [0.25, 0.3) is 11.5 Å². The van der Waals surface area contributed by atoms with Crippen molar-refractivity contribution in [2.24, 2.45) is 0 Å². The van der Waals surface area contributed by atoms with Crippen LogP contribution in [-0.4, -0.2) is 43.4 Å². The minimum atomic E-state index is -0.770. The number of nitrogens with one attached hydrogen (secondary N) is 1. The van der Waals surface area contributed by atoms with Crippen molar-refractivity contribution in [3.63, 3.8) is 0 Å². The Bertz CT molecular complexity index is 1090. The normalized spacial score (nSPS) is 14.2. The Morgan fingerprint density at radius 2 is 2.07 bits per heavy atom. The first-order chi connectivity index (χ1) is 14.0. The molecule has 1 N–H and O–H groups in total. The number of carbonyl (C=O) groups is 1. The van der Waals surface area contributed by atoms with Crippen LogP contribution < -0.4 is 10.3 Å². The Balaban J connectivity index is 1.50. The van der Waals surface area contributed by atoms with Gasteiger partial charge in [-0.25, -0.2) is 14.4 Å². The van der Waals surface area contributed by atoms with E-state index in [4.69, 9.17) is 4.74 Å². The van der Waals surface area contributed by atoms with Gasteiger partial charge in [-0.1, -0.05) is 0 Å². The lowest BCUT2D eigenvalue weighted by molar-refractivity contribution is -0.138. The van der Waals surface area contributed by atoms with Crippen LogP contribution in [-0.2, 0) is 17.8 Å². The molecule has 1 aromatic carbocycles. The lowest BCUT2D eigenvalue weighted by Gasteiger charge is -2.30. The first kappa shape index (κ1) is 18.7. The van der Waals surface area contributed by atoms with E-state index in [2.05, 4.69) is 19.9 Å². The summed E-state index contributed by atoms with van der Waals surface area (Å²) < 4.78 is 18.6. The summed E-state index contributed by atoms with van der Waals surface area (Å²) in [6.07, 6.45) is 4.27.